The van der Waals surface area contributed by atoms with E-state index in [4.69, 9.17) is 18.9 Å². The number of benzene rings is 1. The Hall–Kier alpha value is -3.22. The van der Waals surface area contributed by atoms with Crippen molar-refractivity contribution in [3.63, 3.8) is 0 Å². The van der Waals surface area contributed by atoms with Crippen molar-refractivity contribution < 1.29 is 24.2 Å². The van der Waals surface area contributed by atoms with Gasteiger partial charge < -0.3 is 24.2 Å². The Balaban J connectivity index is 1.98. The molecule has 7 heteroatoms. The third-order valence-electron chi connectivity index (χ3n) is 4.46. The number of aromatic nitrogens is 1. The highest BCUT2D eigenvalue weighted by Gasteiger charge is 2.26. The van der Waals surface area contributed by atoms with Crippen LogP contribution in [0.25, 0.3) is 6.08 Å². The molecule has 3 rings (SSSR count). The Labute approximate surface area is 164 Å². The highest BCUT2D eigenvalue weighted by Crippen LogP contribution is 2.39. The minimum Gasteiger partial charge on any atom is -0.495 e. The molecule has 0 fully saturated rings. The maximum atomic E-state index is 9.67. The predicted octanol–water partition coefficient (Wildman–Crippen LogP) is 3.71. The van der Waals surface area contributed by atoms with Gasteiger partial charge in [0, 0.05) is 12.0 Å². The third-order valence-corrected chi connectivity index (χ3v) is 4.46. The number of fused-ring (bicyclic) bond motifs is 1. The lowest BCUT2D eigenvalue weighted by Gasteiger charge is -2.29. The molecule has 28 heavy (non-hydrogen) atoms. The van der Waals surface area contributed by atoms with Gasteiger partial charge in [-0.2, -0.15) is 0 Å². The SMILES string of the molecule is COc1ccc(C/C(=N\O)c2ccc3c(c2OC)C=CC(C)(C)O3)nc1OC. The fourth-order valence-electron chi connectivity index (χ4n) is 3.10. The van der Waals surface area contributed by atoms with Gasteiger partial charge in [0.2, 0.25) is 0 Å². The molecule has 0 amide bonds. The smallest absolute Gasteiger partial charge is 0.256 e. The van der Waals surface area contributed by atoms with Crippen LogP contribution >= 0.6 is 0 Å². The molecule has 2 heterocycles. The van der Waals surface area contributed by atoms with E-state index < -0.39 is 5.60 Å². The van der Waals surface area contributed by atoms with E-state index >= 15 is 0 Å². The van der Waals surface area contributed by atoms with E-state index in [9.17, 15) is 5.21 Å². The van der Waals surface area contributed by atoms with E-state index in [0.717, 1.165) is 11.3 Å². The molecule has 0 radical (unpaired) electrons. The van der Waals surface area contributed by atoms with Crippen molar-refractivity contribution in [3.8, 4) is 23.1 Å². The van der Waals surface area contributed by atoms with Crippen molar-refractivity contribution in [2.75, 3.05) is 21.3 Å². The Morgan fingerprint density at radius 1 is 1.11 bits per heavy atom. The zero-order chi connectivity index (χ0) is 20.3. The standard InChI is InChI=1S/C21H24N2O5/c1-21(2)11-10-15-17(28-21)9-7-14(19(15)26-4)16(23-24)12-13-6-8-18(25-3)20(22-13)27-5/h6-11,24H,12H2,1-5H3/b23-16+. The highest BCUT2D eigenvalue weighted by atomic mass is 16.5. The van der Waals surface area contributed by atoms with Gasteiger partial charge in [-0.25, -0.2) is 4.98 Å². The normalized spacial score (nSPS) is 14.8. The molecule has 1 aromatic heterocycles. The molecule has 0 spiro atoms. The van der Waals surface area contributed by atoms with Crippen molar-refractivity contribution in [2.24, 2.45) is 5.16 Å². The number of hydrogen-bond acceptors (Lipinski definition) is 7. The van der Waals surface area contributed by atoms with Gasteiger partial charge in [-0.15, -0.1) is 0 Å². The van der Waals surface area contributed by atoms with Gasteiger partial charge in [0.05, 0.1) is 38.3 Å². The number of pyridine rings is 1. The second-order valence-corrected chi connectivity index (χ2v) is 6.83. The van der Waals surface area contributed by atoms with Gasteiger partial charge in [0.25, 0.3) is 5.88 Å². The van der Waals surface area contributed by atoms with E-state index in [0.29, 0.717) is 34.3 Å². The first-order valence-electron chi connectivity index (χ1n) is 8.81. The van der Waals surface area contributed by atoms with Crippen molar-refractivity contribution in [3.05, 3.63) is 47.2 Å². The number of methoxy groups -OCH3 is 3. The van der Waals surface area contributed by atoms with E-state index in [2.05, 4.69) is 10.1 Å². The Morgan fingerprint density at radius 2 is 1.89 bits per heavy atom. The Morgan fingerprint density at radius 3 is 2.54 bits per heavy atom. The van der Waals surface area contributed by atoms with Crippen LogP contribution in [0.15, 0.2) is 35.5 Å². The van der Waals surface area contributed by atoms with Crippen molar-refractivity contribution in [1.82, 2.24) is 4.98 Å². The highest BCUT2D eigenvalue weighted by molar-refractivity contribution is 6.05. The van der Waals surface area contributed by atoms with Crippen molar-refractivity contribution >= 4 is 11.8 Å². The minimum atomic E-state index is -0.392. The molecule has 0 bridgehead atoms. The molecule has 1 N–H and O–H groups in total. The summed E-state index contributed by atoms with van der Waals surface area (Å²) < 4.78 is 22.1. The number of oxime groups is 1. The lowest BCUT2D eigenvalue weighted by Crippen LogP contribution is -2.27. The molecule has 1 aliphatic rings. The maximum absolute atomic E-state index is 9.67. The predicted molar refractivity (Wildman–Crippen MR) is 106 cm³/mol. The summed E-state index contributed by atoms with van der Waals surface area (Å²) in [6.07, 6.45) is 4.21. The van der Waals surface area contributed by atoms with Crippen molar-refractivity contribution in [1.29, 1.82) is 0 Å². The average Bonchev–Trinajstić information content (AvgIpc) is 2.70. The third kappa shape index (κ3) is 3.74. The number of hydrogen-bond donors (Lipinski definition) is 1. The summed E-state index contributed by atoms with van der Waals surface area (Å²) in [5, 5.41) is 13.2. The molecule has 1 aromatic carbocycles. The quantitative estimate of drug-likeness (QED) is 0.464. The van der Waals surface area contributed by atoms with Crippen LogP contribution in [-0.4, -0.2) is 42.8 Å². The number of rotatable bonds is 6. The summed E-state index contributed by atoms with van der Waals surface area (Å²) in [4.78, 5) is 4.42. The summed E-state index contributed by atoms with van der Waals surface area (Å²) in [5.74, 6) is 2.20. The van der Waals surface area contributed by atoms with Gasteiger partial charge >= 0.3 is 0 Å². The Bertz CT molecular complexity index is 935. The summed E-state index contributed by atoms with van der Waals surface area (Å²) >= 11 is 0. The molecule has 0 unspecified atom stereocenters. The summed E-state index contributed by atoms with van der Waals surface area (Å²) in [6, 6.07) is 7.23. The fraction of sp³-hybridized carbons (Fsp3) is 0.333. The topological polar surface area (TPSA) is 82.4 Å². The fourth-order valence-corrected chi connectivity index (χ4v) is 3.10. The second kappa shape index (κ2) is 7.80. The van der Waals surface area contributed by atoms with Crippen LogP contribution in [0.3, 0.4) is 0 Å². The summed E-state index contributed by atoms with van der Waals surface area (Å²) in [5.41, 5.74) is 2.15. The molecule has 0 saturated heterocycles. The van der Waals surface area contributed by atoms with Crippen LogP contribution in [0.5, 0.6) is 23.1 Å². The van der Waals surface area contributed by atoms with E-state index in [-0.39, 0.29) is 6.42 Å². The van der Waals surface area contributed by atoms with Gasteiger partial charge in [0.1, 0.15) is 17.1 Å². The lowest BCUT2D eigenvalue weighted by atomic mass is 9.96. The van der Waals surface area contributed by atoms with E-state index in [1.54, 1.807) is 26.4 Å². The van der Waals surface area contributed by atoms with Gasteiger partial charge in [-0.3, -0.25) is 0 Å². The van der Waals surface area contributed by atoms with E-state index in [1.165, 1.54) is 7.11 Å². The number of ether oxygens (including phenoxy) is 4. The Kier molecular flexibility index (Phi) is 5.44. The first-order valence-corrected chi connectivity index (χ1v) is 8.81. The molecular formula is C21H24N2O5. The van der Waals surface area contributed by atoms with Gasteiger partial charge in [-0.1, -0.05) is 5.16 Å². The number of nitrogens with zero attached hydrogens (tertiary/aromatic N) is 2. The van der Waals surface area contributed by atoms with Crippen LogP contribution in [0.1, 0.15) is 30.7 Å². The largest absolute Gasteiger partial charge is 0.495 e. The minimum absolute atomic E-state index is 0.280. The zero-order valence-corrected chi connectivity index (χ0v) is 16.6. The molecule has 0 aliphatic carbocycles. The molecule has 1 aliphatic heterocycles. The molecule has 0 atom stereocenters. The second-order valence-electron chi connectivity index (χ2n) is 6.83. The first-order chi connectivity index (χ1) is 13.4. The van der Waals surface area contributed by atoms with Crippen LogP contribution in [0.2, 0.25) is 0 Å². The summed E-state index contributed by atoms with van der Waals surface area (Å²) in [7, 11) is 4.65. The van der Waals surface area contributed by atoms with Crippen LogP contribution in [-0.2, 0) is 6.42 Å². The average molecular weight is 384 g/mol. The lowest BCUT2D eigenvalue weighted by molar-refractivity contribution is 0.158. The van der Waals surface area contributed by atoms with Gasteiger partial charge in [0.15, 0.2) is 5.75 Å². The monoisotopic (exact) mass is 384 g/mol. The van der Waals surface area contributed by atoms with E-state index in [1.807, 2.05) is 38.1 Å². The van der Waals surface area contributed by atoms with Crippen LogP contribution in [0.4, 0.5) is 0 Å². The molecule has 7 nitrogen and oxygen atoms in total. The molecular weight excluding hydrogens is 360 g/mol. The molecule has 2 aromatic rings. The van der Waals surface area contributed by atoms with Crippen molar-refractivity contribution in [2.45, 2.75) is 25.9 Å². The first kappa shape index (κ1) is 19.5. The zero-order valence-electron chi connectivity index (χ0n) is 16.6. The van der Waals surface area contributed by atoms with Crippen LogP contribution < -0.4 is 18.9 Å². The molecule has 148 valence electrons. The van der Waals surface area contributed by atoms with Gasteiger partial charge in [-0.05, 0) is 50.3 Å². The molecule has 0 saturated carbocycles. The van der Waals surface area contributed by atoms with Crippen LogP contribution in [0, 0.1) is 0 Å². The maximum Gasteiger partial charge on any atom is 0.256 e. The summed E-state index contributed by atoms with van der Waals surface area (Å²) in [6.45, 7) is 3.96.